The third-order valence-electron chi connectivity index (χ3n) is 2.60. The summed E-state index contributed by atoms with van der Waals surface area (Å²) in [6.45, 7) is 4.31. The van der Waals surface area contributed by atoms with Gasteiger partial charge in [-0.25, -0.2) is 0 Å². The highest BCUT2D eigenvalue weighted by Gasteiger charge is 2.10. The maximum absolute atomic E-state index is 5.97. The van der Waals surface area contributed by atoms with Crippen LogP contribution in [0, 0.1) is 6.92 Å². The van der Waals surface area contributed by atoms with E-state index in [1.54, 1.807) is 11.3 Å². The van der Waals surface area contributed by atoms with E-state index in [-0.39, 0.29) is 0 Å². The number of benzene rings is 1. The lowest BCUT2D eigenvalue weighted by Gasteiger charge is -2.15. The van der Waals surface area contributed by atoms with E-state index in [1.165, 1.54) is 10.4 Å². The summed E-state index contributed by atoms with van der Waals surface area (Å²) in [6, 6.07) is 8.34. The van der Waals surface area contributed by atoms with Crippen molar-refractivity contribution in [1.82, 2.24) is 0 Å². The van der Waals surface area contributed by atoms with Crippen LogP contribution in [0.3, 0.4) is 0 Å². The van der Waals surface area contributed by atoms with Gasteiger partial charge in [-0.1, -0.05) is 11.6 Å². The number of hydrogen-bond acceptors (Lipinski definition) is 2. The van der Waals surface area contributed by atoms with Gasteiger partial charge in [0, 0.05) is 15.0 Å². The van der Waals surface area contributed by atoms with E-state index in [9.17, 15) is 0 Å². The van der Waals surface area contributed by atoms with Crippen molar-refractivity contribution in [2.75, 3.05) is 5.32 Å². The normalized spacial score (nSPS) is 12.5. The molecule has 1 heterocycles. The van der Waals surface area contributed by atoms with Gasteiger partial charge in [-0.3, -0.25) is 0 Å². The fourth-order valence-corrected chi connectivity index (χ4v) is 3.16. The van der Waals surface area contributed by atoms with Gasteiger partial charge in [0.1, 0.15) is 0 Å². The average Bonchev–Trinajstić information content (AvgIpc) is 2.70. The summed E-state index contributed by atoms with van der Waals surface area (Å²) in [4.78, 5) is 1.37. The third-order valence-corrected chi connectivity index (χ3v) is 5.01. The number of aryl methyl sites for hydroxylation is 1. The highest BCUT2D eigenvalue weighted by atomic mass is 79.9. The van der Waals surface area contributed by atoms with Gasteiger partial charge < -0.3 is 5.32 Å². The summed E-state index contributed by atoms with van der Waals surface area (Å²) in [5.74, 6) is 0. The molecular weight excluding hydrogens is 318 g/mol. The van der Waals surface area contributed by atoms with Crippen LogP contribution in [0.25, 0.3) is 0 Å². The Morgan fingerprint density at radius 3 is 2.71 bits per heavy atom. The van der Waals surface area contributed by atoms with E-state index >= 15 is 0 Å². The molecule has 0 bridgehead atoms. The zero-order valence-corrected chi connectivity index (χ0v) is 12.8. The second-order valence-corrected chi connectivity index (χ2v) is 6.17. The number of thiophene rings is 1. The maximum Gasteiger partial charge on any atom is 0.0581 e. The van der Waals surface area contributed by atoms with Gasteiger partial charge in [0.25, 0.3) is 0 Å². The van der Waals surface area contributed by atoms with Crippen molar-refractivity contribution in [1.29, 1.82) is 0 Å². The highest BCUT2D eigenvalue weighted by Crippen LogP contribution is 2.30. The second kappa shape index (κ2) is 5.42. The summed E-state index contributed by atoms with van der Waals surface area (Å²) in [6.07, 6.45) is 0. The molecule has 4 heteroatoms. The molecule has 0 saturated heterocycles. The first kappa shape index (κ1) is 12.9. The molecular formula is C13H13BrClNS. The predicted octanol–water partition coefficient (Wildman–Crippen LogP) is 5.65. The molecule has 1 N–H and O–H groups in total. The van der Waals surface area contributed by atoms with E-state index in [4.69, 9.17) is 11.6 Å². The van der Waals surface area contributed by atoms with Crippen LogP contribution in [-0.4, -0.2) is 0 Å². The Hall–Kier alpha value is -0.510. The van der Waals surface area contributed by atoms with Crippen molar-refractivity contribution in [3.63, 3.8) is 0 Å². The van der Waals surface area contributed by atoms with Crippen LogP contribution in [0.15, 0.2) is 34.1 Å². The molecule has 0 saturated carbocycles. The van der Waals surface area contributed by atoms with E-state index < -0.39 is 0 Å². The number of rotatable bonds is 3. The van der Waals surface area contributed by atoms with Crippen LogP contribution in [-0.2, 0) is 0 Å². The standard InChI is InChI=1S/C13H13BrClNS/c1-8-5-6-17-13(8)9(2)16-10-3-4-12(15)11(14)7-10/h3-7,9,16H,1-2H3. The summed E-state index contributed by atoms with van der Waals surface area (Å²) < 4.78 is 0.916. The van der Waals surface area contributed by atoms with Gasteiger partial charge in [-0.2, -0.15) is 0 Å². The van der Waals surface area contributed by atoms with Crippen LogP contribution >= 0.6 is 38.9 Å². The molecule has 1 aromatic heterocycles. The Kier molecular flexibility index (Phi) is 4.13. The predicted molar refractivity (Wildman–Crippen MR) is 80.2 cm³/mol. The minimum absolute atomic E-state index is 0.308. The quantitative estimate of drug-likeness (QED) is 0.767. The Labute approximate surface area is 119 Å². The van der Waals surface area contributed by atoms with Gasteiger partial charge in [0.15, 0.2) is 0 Å². The number of anilines is 1. The molecule has 2 rings (SSSR count). The minimum Gasteiger partial charge on any atom is -0.378 e. The smallest absolute Gasteiger partial charge is 0.0581 e. The molecule has 0 spiro atoms. The van der Waals surface area contributed by atoms with E-state index in [0.717, 1.165) is 15.2 Å². The van der Waals surface area contributed by atoms with Crippen LogP contribution in [0.5, 0.6) is 0 Å². The fraction of sp³-hybridized carbons (Fsp3) is 0.231. The first-order chi connectivity index (χ1) is 8.08. The Morgan fingerprint density at radius 1 is 1.35 bits per heavy atom. The van der Waals surface area contributed by atoms with E-state index in [2.05, 4.69) is 46.5 Å². The molecule has 2 aromatic rings. The van der Waals surface area contributed by atoms with Crippen LogP contribution in [0.4, 0.5) is 5.69 Å². The molecule has 0 fully saturated rings. The van der Waals surface area contributed by atoms with Gasteiger partial charge in [0.2, 0.25) is 0 Å². The molecule has 1 nitrogen and oxygen atoms in total. The minimum atomic E-state index is 0.308. The van der Waals surface area contributed by atoms with E-state index in [1.807, 2.05) is 18.2 Å². The lowest BCUT2D eigenvalue weighted by Crippen LogP contribution is -2.05. The van der Waals surface area contributed by atoms with Gasteiger partial charge >= 0.3 is 0 Å². The van der Waals surface area contributed by atoms with Gasteiger partial charge in [0.05, 0.1) is 11.1 Å². The van der Waals surface area contributed by atoms with Crippen molar-refractivity contribution in [3.05, 3.63) is 49.6 Å². The summed E-state index contributed by atoms with van der Waals surface area (Å²) in [7, 11) is 0. The van der Waals surface area contributed by atoms with Crippen LogP contribution < -0.4 is 5.32 Å². The second-order valence-electron chi connectivity index (χ2n) is 3.96. The Bertz CT molecular complexity index is 524. The number of hydrogen-bond donors (Lipinski definition) is 1. The molecule has 17 heavy (non-hydrogen) atoms. The van der Waals surface area contributed by atoms with Crippen molar-refractivity contribution in [2.24, 2.45) is 0 Å². The monoisotopic (exact) mass is 329 g/mol. The average molecular weight is 331 g/mol. The number of halogens is 2. The topological polar surface area (TPSA) is 12.0 Å². The Balaban J connectivity index is 2.16. The van der Waals surface area contributed by atoms with Crippen LogP contribution in [0.1, 0.15) is 23.4 Å². The maximum atomic E-state index is 5.97. The lowest BCUT2D eigenvalue weighted by atomic mass is 10.2. The van der Waals surface area contributed by atoms with Crippen molar-refractivity contribution < 1.29 is 0 Å². The lowest BCUT2D eigenvalue weighted by molar-refractivity contribution is 0.899. The van der Waals surface area contributed by atoms with Crippen molar-refractivity contribution in [2.45, 2.75) is 19.9 Å². The van der Waals surface area contributed by atoms with Crippen LogP contribution in [0.2, 0.25) is 5.02 Å². The Morgan fingerprint density at radius 2 is 2.12 bits per heavy atom. The third kappa shape index (κ3) is 3.03. The molecule has 0 aliphatic rings. The zero-order chi connectivity index (χ0) is 12.4. The molecule has 1 aromatic carbocycles. The molecule has 0 aliphatic heterocycles. The SMILES string of the molecule is Cc1ccsc1C(C)Nc1ccc(Cl)c(Br)c1. The molecule has 90 valence electrons. The first-order valence-corrected chi connectivity index (χ1v) is 7.38. The molecule has 0 radical (unpaired) electrons. The molecule has 1 atom stereocenters. The fourth-order valence-electron chi connectivity index (χ4n) is 1.73. The summed E-state index contributed by atoms with van der Waals surface area (Å²) in [5, 5.41) is 6.33. The number of nitrogens with one attached hydrogen (secondary N) is 1. The molecule has 0 amide bonds. The van der Waals surface area contributed by atoms with Crippen molar-refractivity contribution in [3.8, 4) is 0 Å². The molecule has 0 aliphatic carbocycles. The molecule has 1 unspecified atom stereocenters. The van der Waals surface area contributed by atoms with Gasteiger partial charge in [-0.05, 0) is 65.0 Å². The van der Waals surface area contributed by atoms with Crippen molar-refractivity contribution >= 4 is 44.6 Å². The zero-order valence-electron chi connectivity index (χ0n) is 9.63. The summed E-state index contributed by atoms with van der Waals surface area (Å²) in [5.41, 5.74) is 2.41. The largest absolute Gasteiger partial charge is 0.378 e. The van der Waals surface area contributed by atoms with Gasteiger partial charge in [-0.15, -0.1) is 11.3 Å². The summed E-state index contributed by atoms with van der Waals surface area (Å²) >= 11 is 11.2. The highest BCUT2D eigenvalue weighted by molar-refractivity contribution is 9.10. The first-order valence-electron chi connectivity index (χ1n) is 5.33. The van der Waals surface area contributed by atoms with E-state index in [0.29, 0.717) is 6.04 Å².